The summed E-state index contributed by atoms with van der Waals surface area (Å²) in [6, 6.07) is 0. The molecule has 9 rings (SSSR count). The Labute approximate surface area is 662 Å². The summed E-state index contributed by atoms with van der Waals surface area (Å²) < 4.78 is 56.5. The number of rotatable bonds is 13. The van der Waals surface area contributed by atoms with Gasteiger partial charge in [0.2, 0.25) is 0 Å². The molecule has 12 bridgehead atoms. The summed E-state index contributed by atoms with van der Waals surface area (Å²) in [6.07, 6.45) is 70.0. The Bertz CT molecular complexity index is 2920. The molecule has 0 radical (unpaired) electrons. The Morgan fingerprint density at radius 1 is 0.382 bits per heavy atom. The SMILES string of the molecule is CC/C(C)=C/C=C\C=C\C1OC(=O)CC2C[C@H](C)C[C@H](CC3CCC[C@H](C[C@@H](C)/C=C/[C@@H]1C)O3)O2.CC/C(C)=C/C=C\C=C\C1OC(=O)CC2C[C@H](O)C[C@H](CC3CCC[C@H](C[C@@H](C)/C=C/[C@@H]1C)O3)O2.CCCCC=C/C=C/C1OC(=O)CC2C[C@H](C)C[C@H](CC3CCC[C@H](C[C@@H](C)/C=C/[C@@H]1C)O3)O2.O=C=O.O=C=O. The van der Waals surface area contributed by atoms with Gasteiger partial charge in [-0.2, -0.15) is 19.2 Å². The number of unbranched alkanes of at least 4 members (excludes halogenated alkanes) is 2. The van der Waals surface area contributed by atoms with Crippen molar-refractivity contribution in [2.45, 2.75) is 374 Å². The largest absolute Gasteiger partial charge is 0.457 e. The molecule has 6 saturated heterocycles. The van der Waals surface area contributed by atoms with Gasteiger partial charge in [-0.1, -0.05) is 203 Å². The Kier molecular flexibility index (Phi) is 46.4. The summed E-state index contributed by atoms with van der Waals surface area (Å²) in [6.45, 7) is 28.4. The number of allylic oxidation sites excluding steroid dienone is 16. The summed E-state index contributed by atoms with van der Waals surface area (Å²) in [7, 11) is 0. The van der Waals surface area contributed by atoms with E-state index in [-0.39, 0.29) is 134 Å². The van der Waals surface area contributed by atoms with Gasteiger partial charge in [0, 0.05) is 24.2 Å². The third-order valence-corrected chi connectivity index (χ3v) is 22.6. The van der Waals surface area contributed by atoms with Gasteiger partial charge in [0.1, 0.15) is 18.3 Å². The summed E-state index contributed by atoms with van der Waals surface area (Å²) >= 11 is 0. The highest BCUT2D eigenvalue weighted by atomic mass is 16.6. The summed E-state index contributed by atoms with van der Waals surface area (Å²) in [5, 5.41) is 10.5. The number of aliphatic hydroxyl groups excluding tert-OH is 1. The van der Waals surface area contributed by atoms with Crippen LogP contribution in [0.2, 0.25) is 0 Å². The van der Waals surface area contributed by atoms with Crippen LogP contribution in [-0.2, 0) is 76.2 Å². The predicted molar refractivity (Wildman–Crippen MR) is 432 cm³/mol. The van der Waals surface area contributed by atoms with Gasteiger partial charge in [-0.15, -0.1) is 0 Å². The average molecular weight is 1530 g/mol. The van der Waals surface area contributed by atoms with Crippen molar-refractivity contribution in [1.82, 2.24) is 0 Å². The molecule has 1 N–H and O–H groups in total. The molecule has 17 nitrogen and oxygen atoms in total. The first-order valence-electron chi connectivity index (χ1n) is 42.5. The van der Waals surface area contributed by atoms with Gasteiger partial charge in [0.05, 0.1) is 98.6 Å². The molecule has 0 aromatic carbocycles. The van der Waals surface area contributed by atoms with E-state index in [1.807, 2.05) is 60.8 Å². The van der Waals surface area contributed by atoms with E-state index in [1.54, 1.807) is 0 Å². The molecule has 0 saturated carbocycles. The summed E-state index contributed by atoms with van der Waals surface area (Å²) in [5.41, 5.74) is 2.65. The molecule has 9 heterocycles. The quantitative estimate of drug-likeness (QED) is 0.0595. The number of esters is 3. The van der Waals surface area contributed by atoms with Gasteiger partial charge in [-0.05, 0) is 209 Å². The fraction of sp³-hybridized carbons (Fsp3) is 0.710. The first kappa shape index (κ1) is 94.6. The zero-order valence-corrected chi connectivity index (χ0v) is 69.4. The van der Waals surface area contributed by atoms with Crippen molar-refractivity contribution in [3.8, 4) is 0 Å². The number of hydrogen-bond acceptors (Lipinski definition) is 17. The van der Waals surface area contributed by atoms with Crippen LogP contribution >= 0.6 is 0 Å². The molecule has 0 aromatic rings. The Morgan fingerprint density at radius 2 is 0.673 bits per heavy atom. The monoisotopic (exact) mass is 1530 g/mol. The second-order valence-corrected chi connectivity index (χ2v) is 33.3. The van der Waals surface area contributed by atoms with E-state index >= 15 is 0 Å². The van der Waals surface area contributed by atoms with E-state index in [2.05, 4.69) is 151 Å². The minimum atomic E-state index is -0.452. The van der Waals surface area contributed by atoms with Crippen LogP contribution in [0, 0.1) is 47.3 Å². The third-order valence-electron chi connectivity index (χ3n) is 22.6. The number of carbonyl (C=O) groups excluding carboxylic acids is 7. The van der Waals surface area contributed by atoms with Crippen LogP contribution in [0.25, 0.3) is 0 Å². The molecule has 6 fully saturated rings. The number of fused-ring (bicyclic) bond motifs is 12. The van der Waals surface area contributed by atoms with Crippen molar-refractivity contribution < 1.29 is 81.3 Å². The van der Waals surface area contributed by atoms with Crippen molar-refractivity contribution in [1.29, 1.82) is 0 Å². The first-order chi connectivity index (χ1) is 52.9. The number of carbonyl (C=O) groups is 3. The van der Waals surface area contributed by atoms with Gasteiger partial charge in [-0.3, -0.25) is 14.4 Å². The standard InChI is InChI=1S/C31H48O4.C30H46O5.C30H48O4.2CO2/c1-6-22(2)11-8-7-9-14-30-25(5)16-15-23(3)17-26-12-10-13-27(33-26)20-28-18-24(4)19-29(34-28)21-31(32)35-30;1-5-21(2)10-7-6-8-13-29-23(4)15-14-22(3)16-25-11-9-12-26(33-25)19-27-17-24(31)18-28(34-27)20-30(32)35-29;1-5-6-7-8-9-10-14-29-24(4)16-15-22(2)17-25-12-11-13-26(32-25)20-27-18-23(3)19-28(33-27)21-30(31)34-29;2*2-1-3/h7-9,11,14-16,23-30H,6,10,12-13,17-21H2,1-5H3;6-8,10,13-15,22-29,31H,5,9,11-12,16-20H2,1-4H3;8-10,14-16,22-29H,5-7,11-13,17-21H2,1-4H3;;/b8-7-,14-9+,16-15+,22-11+;7-6-,13-8+,15-14+,21-10+;9-8?,14-10+,16-15+;;/t23-,24+,25-,26+,27?,28+,29?,30?;22-,23-,24+,25+,26?,27+,28?,29?;22-,23+,24-,25+,26?,27+,28?,29?;;/m000../s1. The second-order valence-electron chi connectivity index (χ2n) is 33.3. The lowest BCUT2D eigenvalue weighted by Crippen LogP contribution is -2.40. The number of cyclic esters (lactones) is 3. The molecular formula is C93H142O17. The van der Waals surface area contributed by atoms with Crippen LogP contribution in [0.5, 0.6) is 0 Å². The van der Waals surface area contributed by atoms with Crippen LogP contribution in [-0.4, -0.2) is 133 Å². The van der Waals surface area contributed by atoms with E-state index < -0.39 is 6.10 Å². The number of ether oxygens (including phenoxy) is 9. The van der Waals surface area contributed by atoms with Crippen molar-refractivity contribution >= 4 is 30.2 Å². The van der Waals surface area contributed by atoms with Crippen LogP contribution < -0.4 is 0 Å². The zero-order chi connectivity index (χ0) is 80.2. The Balaban J connectivity index is 0.000000285. The van der Waals surface area contributed by atoms with Crippen LogP contribution in [0.4, 0.5) is 0 Å². The first-order valence-corrected chi connectivity index (χ1v) is 42.5. The van der Waals surface area contributed by atoms with Crippen LogP contribution in [0.3, 0.4) is 0 Å². The molecule has 9 aliphatic rings. The minimum Gasteiger partial charge on any atom is -0.457 e. The van der Waals surface area contributed by atoms with Crippen molar-refractivity contribution in [3.63, 3.8) is 0 Å². The van der Waals surface area contributed by atoms with Gasteiger partial charge in [-0.25, -0.2) is 0 Å². The van der Waals surface area contributed by atoms with E-state index in [1.165, 1.54) is 43.3 Å². The molecule has 17 heteroatoms. The fourth-order valence-electron chi connectivity index (χ4n) is 16.4. The number of aliphatic hydroxyl groups is 1. The van der Waals surface area contributed by atoms with Gasteiger partial charge in [0.15, 0.2) is 0 Å². The zero-order valence-electron chi connectivity index (χ0n) is 69.4. The molecule has 110 heavy (non-hydrogen) atoms. The van der Waals surface area contributed by atoms with E-state index in [0.29, 0.717) is 67.5 Å². The highest BCUT2D eigenvalue weighted by molar-refractivity contribution is 5.71. The van der Waals surface area contributed by atoms with Crippen LogP contribution in [0.1, 0.15) is 276 Å². The fourth-order valence-corrected chi connectivity index (χ4v) is 16.4. The maximum Gasteiger partial charge on any atom is 0.373 e. The topological polar surface area (TPSA) is 223 Å². The molecule has 24 atom stereocenters. The van der Waals surface area contributed by atoms with Gasteiger partial charge in [0.25, 0.3) is 0 Å². The number of hydrogen-bond donors (Lipinski definition) is 1. The molecule has 616 valence electrons. The van der Waals surface area contributed by atoms with E-state index in [0.717, 1.165) is 122 Å². The normalized spacial score (nSPS) is 37.1. The molecular weight excluding hydrogens is 1390 g/mol. The molecule has 0 aliphatic carbocycles. The Morgan fingerprint density at radius 3 is 1.01 bits per heavy atom. The maximum absolute atomic E-state index is 13.0. The third kappa shape index (κ3) is 39.2. The molecule has 0 spiro atoms. The van der Waals surface area contributed by atoms with E-state index in [9.17, 15) is 19.5 Å². The lowest BCUT2D eigenvalue weighted by molar-refractivity contribution is -0.193. The molecule has 0 aromatic heterocycles. The highest BCUT2D eigenvalue weighted by Gasteiger charge is 2.38. The van der Waals surface area contributed by atoms with Gasteiger partial charge < -0.3 is 47.7 Å². The predicted octanol–water partition coefficient (Wildman–Crippen LogP) is 19.9. The minimum absolute atomic E-state index is 0.0394. The van der Waals surface area contributed by atoms with Crippen LogP contribution in [0.15, 0.2) is 133 Å². The van der Waals surface area contributed by atoms with Crippen molar-refractivity contribution in [2.75, 3.05) is 0 Å². The summed E-state index contributed by atoms with van der Waals surface area (Å²) in [5.74, 6) is 1.98. The van der Waals surface area contributed by atoms with Crippen molar-refractivity contribution in [3.05, 3.63) is 133 Å². The lowest BCUT2D eigenvalue weighted by Gasteiger charge is -2.38. The summed E-state index contributed by atoms with van der Waals surface area (Å²) in [4.78, 5) is 71.3. The lowest BCUT2D eigenvalue weighted by atomic mass is 9.88. The molecule has 0 amide bonds. The van der Waals surface area contributed by atoms with Crippen molar-refractivity contribution in [2.24, 2.45) is 47.3 Å². The second kappa shape index (κ2) is 53.9. The average Bonchev–Trinajstić information content (AvgIpc) is 0.854. The van der Waals surface area contributed by atoms with E-state index in [4.69, 9.17) is 61.8 Å². The molecule has 9 aliphatic heterocycles. The molecule has 9 unspecified atom stereocenters. The Hall–Kier alpha value is -5.97. The maximum atomic E-state index is 13.0. The highest BCUT2D eigenvalue weighted by Crippen LogP contribution is 2.38. The smallest absolute Gasteiger partial charge is 0.373 e. The van der Waals surface area contributed by atoms with Gasteiger partial charge >= 0.3 is 30.2 Å².